The van der Waals surface area contributed by atoms with Gasteiger partial charge in [0.25, 0.3) is 11.8 Å². The van der Waals surface area contributed by atoms with Gasteiger partial charge in [-0.25, -0.2) is 0 Å². The van der Waals surface area contributed by atoms with E-state index in [0.29, 0.717) is 28.3 Å². The molecule has 6 nitrogen and oxygen atoms in total. The lowest BCUT2D eigenvalue weighted by molar-refractivity contribution is -0.125. The van der Waals surface area contributed by atoms with Crippen molar-refractivity contribution < 1.29 is 18.7 Å². The van der Waals surface area contributed by atoms with Crippen molar-refractivity contribution in [3.8, 4) is 5.75 Å². The Kier molecular flexibility index (Phi) is 4.67. The Balaban J connectivity index is 1.89. The van der Waals surface area contributed by atoms with E-state index in [9.17, 15) is 9.59 Å². The third-order valence-electron chi connectivity index (χ3n) is 3.65. The molecule has 0 radical (unpaired) electrons. The highest BCUT2D eigenvalue weighted by Crippen LogP contribution is 2.36. The average molecular weight is 405 g/mol. The fourth-order valence-electron chi connectivity index (χ4n) is 2.55. The topological polar surface area (TPSA) is 71.8 Å². The maximum absolute atomic E-state index is 12.4. The normalized spacial score (nSPS) is 16.2. The molecule has 1 unspecified atom stereocenters. The van der Waals surface area contributed by atoms with Crippen LogP contribution in [0.25, 0.3) is 0 Å². The lowest BCUT2D eigenvalue weighted by Gasteiger charge is -2.33. The molecule has 2 amide bonds. The largest absolute Gasteiger partial charge is 0.479 e. The predicted octanol–water partition coefficient (Wildman–Crippen LogP) is 3.98. The van der Waals surface area contributed by atoms with Crippen LogP contribution in [0.2, 0.25) is 0 Å². The molecule has 1 atom stereocenters. The lowest BCUT2D eigenvalue weighted by atomic mass is 10.1. The van der Waals surface area contributed by atoms with Crippen molar-refractivity contribution in [1.29, 1.82) is 0 Å². The maximum atomic E-state index is 12.4. The summed E-state index contributed by atoms with van der Waals surface area (Å²) in [6.45, 7) is 7.83. The van der Waals surface area contributed by atoms with E-state index in [-0.39, 0.29) is 17.6 Å². The summed E-state index contributed by atoms with van der Waals surface area (Å²) in [6, 6.07) is 8.37. The molecule has 2 heterocycles. The summed E-state index contributed by atoms with van der Waals surface area (Å²) in [5, 5.41) is 2.75. The molecule has 1 aliphatic rings. The van der Waals surface area contributed by atoms with E-state index in [1.807, 2.05) is 6.92 Å². The van der Waals surface area contributed by atoms with Gasteiger partial charge < -0.3 is 19.4 Å². The molecular weight excluding hydrogens is 388 g/mol. The van der Waals surface area contributed by atoms with Crippen molar-refractivity contribution in [3.63, 3.8) is 0 Å². The molecule has 130 valence electrons. The fraction of sp³-hybridized carbons (Fsp3) is 0.222. The summed E-state index contributed by atoms with van der Waals surface area (Å²) < 4.78 is 11.4. The van der Waals surface area contributed by atoms with Crippen LogP contribution in [-0.2, 0) is 4.79 Å². The number of rotatable bonds is 4. The first-order valence-corrected chi connectivity index (χ1v) is 8.47. The molecule has 7 heteroatoms. The van der Waals surface area contributed by atoms with E-state index in [1.54, 1.807) is 42.2 Å². The van der Waals surface area contributed by atoms with Crippen LogP contribution >= 0.6 is 15.9 Å². The third kappa shape index (κ3) is 3.61. The Hall–Kier alpha value is -2.54. The van der Waals surface area contributed by atoms with Crippen molar-refractivity contribution in [2.45, 2.75) is 20.0 Å². The number of hydrogen-bond acceptors (Lipinski definition) is 4. The molecule has 0 spiro atoms. The van der Waals surface area contributed by atoms with Gasteiger partial charge in [-0.15, -0.1) is 0 Å². The van der Waals surface area contributed by atoms with Crippen molar-refractivity contribution in [3.05, 3.63) is 52.9 Å². The first-order valence-electron chi connectivity index (χ1n) is 7.68. The van der Waals surface area contributed by atoms with Crippen molar-refractivity contribution in [1.82, 2.24) is 0 Å². The summed E-state index contributed by atoms with van der Waals surface area (Å²) in [6.07, 6.45) is -0.562. The van der Waals surface area contributed by atoms with Crippen LogP contribution in [0.5, 0.6) is 5.75 Å². The molecule has 2 aromatic rings. The van der Waals surface area contributed by atoms with Crippen LogP contribution in [0.4, 0.5) is 11.4 Å². The van der Waals surface area contributed by atoms with Gasteiger partial charge in [0.2, 0.25) is 0 Å². The summed E-state index contributed by atoms with van der Waals surface area (Å²) >= 11 is 3.16. The number of nitrogens with zero attached hydrogens (tertiary/aromatic N) is 1. The zero-order chi connectivity index (χ0) is 18.1. The Morgan fingerprint density at radius 1 is 1.36 bits per heavy atom. The number of benzene rings is 1. The predicted molar refractivity (Wildman–Crippen MR) is 98.1 cm³/mol. The van der Waals surface area contributed by atoms with Gasteiger partial charge in [0, 0.05) is 12.2 Å². The summed E-state index contributed by atoms with van der Waals surface area (Å²) in [5.41, 5.74) is 1.99. The number of furan rings is 1. The third-order valence-corrected chi connectivity index (χ3v) is 4.08. The van der Waals surface area contributed by atoms with Crippen molar-refractivity contribution in [2.24, 2.45) is 0 Å². The van der Waals surface area contributed by atoms with E-state index in [1.165, 1.54) is 0 Å². The number of fused-ring (bicyclic) bond motifs is 1. The van der Waals surface area contributed by atoms with Gasteiger partial charge in [-0.1, -0.05) is 12.2 Å². The Morgan fingerprint density at radius 3 is 2.76 bits per heavy atom. The van der Waals surface area contributed by atoms with Gasteiger partial charge in [-0.05, 0) is 60.1 Å². The molecule has 0 bridgehead atoms. The fourth-order valence-corrected chi connectivity index (χ4v) is 2.85. The smallest absolute Gasteiger partial charge is 0.291 e. The Morgan fingerprint density at radius 2 is 2.12 bits per heavy atom. The molecule has 0 saturated carbocycles. The highest BCUT2D eigenvalue weighted by molar-refractivity contribution is 9.10. The van der Waals surface area contributed by atoms with E-state index in [2.05, 4.69) is 27.8 Å². The van der Waals surface area contributed by atoms with Gasteiger partial charge in [0.1, 0.15) is 5.75 Å². The van der Waals surface area contributed by atoms with E-state index in [0.717, 1.165) is 5.57 Å². The number of anilines is 2. The number of nitrogens with one attached hydrogen (secondary N) is 1. The van der Waals surface area contributed by atoms with Gasteiger partial charge in [0.15, 0.2) is 16.5 Å². The second-order valence-corrected chi connectivity index (χ2v) is 6.66. The molecule has 0 aliphatic carbocycles. The molecule has 25 heavy (non-hydrogen) atoms. The standard InChI is InChI=1S/C18H17BrN2O4/c1-10(2)9-21-13-8-12(4-5-14(13)24-11(3)18(21)23)20-17(22)15-6-7-16(19)25-15/h4-8,11H,1,9H2,2-3H3,(H,20,22). The minimum Gasteiger partial charge on any atom is -0.479 e. The molecule has 1 N–H and O–H groups in total. The first-order chi connectivity index (χ1) is 11.8. The average Bonchev–Trinajstić information content (AvgIpc) is 2.99. The zero-order valence-corrected chi connectivity index (χ0v) is 15.4. The quantitative estimate of drug-likeness (QED) is 0.782. The van der Waals surface area contributed by atoms with Crippen LogP contribution in [0.3, 0.4) is 0 Å². The van der Waals surface area contributed by atoms with E-state index in [4.69, 9.17) is 9.15 Å². The number of hydrogen-bond donors (Lipinski definition) is 1. The second-order valence-electron chi connectivity index (χ2n) is 5.88. The van der Waals surface area contributed by atoms with Crippen LogP contribution in [0.15, 0.2) is 51.6 Å². The zero-order valence-electron chi connectivity index (χ0n) is 13.8. The number of halogens is 1. The molecule has 1 aromatic heterocycles. The van der Waals surface area contributed by atoms with Crippen LogP contribution in [0, 0.1) is 0 Å². The number of carbonyl (C=O) groups excluding carboxylic acids is 2. The maximum Gasteiger partial charge on any atom is 0.291 e. The molecule has 3 rings (SSSR count). The molecular formula is C18H17BrN2O4. The van der Waals surface area contributed by atoms with Crippen LogP contribution < -0.4 is 15.0 Å². The number of amides is 2. The molecule has 1 aromatic carbocycles. The lowest BCUT2D eigenvalue weighted by Crippen LogP contribution is -2.45. The minimum atomic E-state index is -0.562. The van der Waals surface area contributed by atoms with Gasteiger partial charge in [0.05, 0.1) is 5.69 Å². The molecule has 1 aliphatic heterocycles. The number of ether oxygens (including phenoxy) is 1. The van der Waals surface area contributed by atoms with E-state index >= 15 is 0 Å². The first kappa shape index (κ1) is 17.3. The number of carbonyl (C=O) groups is 2. The van der Waals surface area contributed by atoms with Crippen molar-refractivity contribution >= 4 is 39.1 Å². The van der Waals surface area contributed by atoms with E-state index < -0.39 is 6.10 Å². The molecule has 0 fully saturated rings. The molecule has 0 saturated heterocycles. The summed E-state index contributed by atoms with van der Waals surface area (Å²) in [5.74, 6) is 0.249. The minimum absolute atomic E-state index is 0.144. The van der Waals surface area contributed by atoms with Crippen LogP contribution in [-0.4, -0.2) is 24.5 Å². The Bertz CT molecular complexity index is 859. The SMILES string of the molecule is C=C(C)CN1C(=O)C(C)Oc2ccc(NC(=O)c3ccc(Br)o3)cc21. The monoisotopic (exact) mass is 404 g/mol. The highest BCUT2D eigenvalue weighted by Gasteiger charge is 2.31. The Labute approximate surface area is 153 Å². The summed E-state index contributed by atoms with van der Waals surface area (Å²) in [4.78, 5) is 26.3. The highest BCUT2D eigenvalue weighted by atomic mass is 79.9. The van der Waals surface area contributed by atoms with Crippen LogP contribution in [0.1, 0.15) is 24.4 Å². The summed E-state index contributed by atoms with van der Waals surface area (Å²) in [7, 11) is 0. The van der Waals surface area contributed by atoms with Gasteiger partial charge in [-0.3, -0.25) is 9.59 Å². The van der Waals surface area contributed by atoms with Gasteiger partial charge >= 0.3 is 0 Å². The second kappa shape index (κ2) is 6.76. The van der Waals surface area contributed by atoms with Gasteiger partial charge in [-0.2, -0.15) is 0 Å². The van der Waals surface area contributed by atoms with Crippen molar-refractivity contribution in [2.75, 3.05) is 16.8 Å².